The minimum Gasteiger partial charge on any atom is -0.468 e. The second-order valence-corrected chi connectivity index (χ2v) is 7.32. The van der Waals surface area contributed by atoms with Crippen molar-refractivity contribution in [1.82, 2.24) is 0 Å². The SMILES string of the molecule is COC(=O)CN(c1cccc([N+](=O)[O-])c1C)S(=O)(=O)c1ccccc1[N+](=O)[O-]. The first-order valence-corrected chi connectivity index (χ1v) is 9.12. The predicted octanol–water partition coefficient (Wildman–Crippen LogP) is 2.18. The molecule has 2 rings (SSSR count). The van der Waals surface area contributed by atoms with Crippen LogP contribution in [0.5, 0.6) is 0 Å². The molecule has 0 bridgehead atoms. The van der Waals surface area contributed by atoms with Crippen LogP contribution in [0.1, 0.15) is 5.56 Å². The van der Waals surface area contributed by atoms with Gasteiger partial charge in [-0.15, -0.1) is 0 Å². The Labute approximate surface area is 159 Å². The number of anilines is 1. The lowest BCUT2D eigenvalue weighted by Crippen LogP contribution is -2.37. The number of carbonyl (C=O) groups excluding carboxylic acids is 1. The Hall–Kier alpha value is -3.54. The number of para-hydroxylation sites is 1. The van der Waals surface area contributed by atoms with Gasteiger partial charge in [0.05, 0.1) is 28.2 Å². The average Bonchev–Trinajstić information content (AvgIpc) is 2.66. The topological polar surface area (TPSA) is 150 Å². The summed E-state index contributed by atoms with van der Waals surface area (Å²) >= 11 is 0. The number of esters is 1. The van der Waals surface area contributed by atoms with Crippen molar-refractivity contribution in [3.63, 3.8) is 0 Å². The number of carbonyl (C=O) groups is 1. The van der Waals surface area contributed by atoms with Crippen LogP contribution in [-0.2, 0) is 19.6 Å². The molecule has 2 aromatic rings. The van der Waals surface area contributed by atoms with E-state index in [1.165, 1.54) is 37.3 Å². The van der Waals surface area contributed by atoms with E-state index in [9.17, 15) is 33.4 Å². The monoisotopic (exact) mass is 409 g/mol. The third kappa shape index (κ3) is 3.91. The summed E-state index contributed by atoms with van der Waals surface area (Å²) < 4.78 is 31.4. The summed E-state index contributed by atoms with van der Waals surface area (Å²) in [6.07, 6.45) is 0. The van der Waals surface area contributed by atoms with Gasteiger partial charge in [-0.3, -0.25) is 29.3 Å². The molecule has 0 saturated carbocycles. The van der Waals surface area contributed by atoms with Crippen LogP contribution in [0, 0.1) is 27.2 Å². The summed E-state index contributed by atoms with van der Waals surface area (Å²) in [4.78, 5) is 32.0. The number of ether oxygens (including phenoxy) is 1. The Morgan fingerprint density at radius 1 is 1.04 bits per heavy atom. The number of methoxy groups -OCH3 is 1. The Morgan fingerprint density at radius 2 is 1.61 bits per heavy atom. The van der Waals surface area contributed by atoms with E-state index < -0.39 is 43.0 Å². The first kappa shape index (κ1) is 20.8. The lowest BCUT2D eigenvalue weighted by atomic mass is 10.1. The van der Waals surface area contributed by atoms with E-state index >= 15 is 0 Å². The molecule has 148 valence electrons. The van der Waals surface area contributed by atoms with E-state index in [-0.39, 0.29) is 16.9 Å². The van der Waals surface area contributed by atoms with Crippen LogP contribution in [0.2, 0.25) is 0 Å². The molecule has 2 aromatic carbocycles. The van der Waals surface area contributed by atoms with Crippen molar-refractivity contribution in [3.8, 4) is 0 Å². The molecule has 0 heterocycles. The highest BCUT2D eigenvalue weighted by Gasteiger charge is 2.35. The van der Waals surface area contributed by atoms with Gasteiger partial charge in [0, 0.05) is 12.1 Å². The number of rotatable bonds is 7. The van der Waals surface area contributed by atoms with Crippen LogP contribution >= 0.6 is 0 Å². The quantitative estimate of drug-likeness (QED) is 0.383. The van der Waals surface area contributed by atoms with Crippen LogP contribution in [-0.4, -0.2) is 37.9 Å². The maximum absolute atomic E-state index is 13.2. The number of sulfonamides is 1. The Balaban J connectivity index is 2.75. The van der Waals surface area contributed by atoms with Gasteiger partial charge in [0.15, 0.2) is 4.90 Å². The van der Waals surface area contributed by atoms with Crippen molar-refractivity contribution in [2.75, 3.05) is 18.0 Å². The molecule has 0 aliphatic heterocycles. The predicted molar refractivity (Wildman–Crippen MR) is 97.5 cm³/mol. The molecule has 12 heteroatoms. The van der Waals surface area contributed by atoms with Gasteiger partial charge in [0.25, 0.3) is 21.4 Å². The average molecular weight is 409 g/mol. The summed E-state index contributed by atoms with van der Waals surface area (Å²) in [5, 5.41) is 22.5. The minimum atomic E-state index is -4.63. The zero-order chi connectivity index (χ0) is 21.1. The van der Waals surface area contributed by atoms with Crippen LogP contribution < -0.4 is 4.31 Å². The number of nitro groups is 2. The lowest BCUT2D eigenvalue weighted by molar-refractivity contribution is -0.387. The van der Waals surface area contributed by atoms with E-state index in [4.69, 9.17) is 0 Å². The molecule has 0 amide bonds. The zero-order valence-corrected chi connectivity index (χ0v) is 15.6. The molecular formula is C16H15N3O8S. The standard InChI is InChI=1S/C16H15N3O8S/c1-11-12(7-5-8-13(11)18(21)22)17(10-16(20)27-2)28(25,26)15-9-4-3-6-14(15)19(23)24/h3-9H,10H2,1-2H3. The fourth-order valence-corrected chi connectivity index (χ4v) is 4.13. The number of nitro benzene ring substituents is 2. The second kappa shape index (κ2) is 8.00. The van der Waals surface area contributed by atoms with E-state index in [1.807, 2.05) is 0 Å². The van der Waals surface area contributed by atoms with Crippen molar-refractivity contribution < 1.29 is 27.8 Å². The van der Waals surface area contributed by atoms with Crippen LogP contribution in [0.15, 0.2) is 47.4 Å². The summed E-state index contributed by atoms with van der Waals surface area (Å²) in [5.41, 5.74) is -1.26. The largest absolute Gasteiger partial charge is 0.468 e. The molecule has 28 heavy (non-hydrogen) atoms. The normalized spacial score (nSPS) is 10.9. The van der Waals surface area contributed by atoms with E-state index in [1.54, 1.807) is 0 Å². The maximum Gasteiger partial charge on any atom is 0.326 e. The van der Waals surface area contributed by atoms with Crippen LogP contribution in [0.25, 0.3) is 0 Å². The van der Waals surface area contributed by atoms with E-state index in [0.717, 1.165) is 19.2 Å². The van der Waals surface area contributed by atoms with Gasteiger partial charge in [-0.2, -0.15) is 0 Å². The highest BCUT2D eigenvalue weighted by atomic mass is 32.2. The lowest BCUT2D eigenvalue weighted by Gasteiger charge is -2.24. The van der Waals surface area contributed by atoms with Gasteiger partial charge in [-0.05, 0) is 19.1 Å². The van der Waals surface area contributed by atoms with Crippen molar-refractivity contribution >= 4 is 33.1 Å². The molecular weight excluding hydrogens is 394 g/mol. The molecule has 0 aliphatic rings. The number of nitrogens with zero attached hydrogens (tertiary/aromatic N) is 3. The first-order valence-electron chi connectivity index (χ1n) is 7.68. The fourth-order valence-electron chi connectivity index (χ4n) is 2.51. The summed E-state index contributed by atoms with van der Waals surface area (Å²) in [5.74, 6) is -0.951. The van der Waals surface area contributed by atoms with Gasteiger partial charge in [0.1, 0.15) is 6.54 Å². The Bertz CT molecular complexity index is 1050. The number of hydrogen-bond donors (Lipinski definition) is 0. The highest BCUT2D eigenvalue weighted by Crippen LogP contribution is 2.34. The van der Waals surface area contributed by atoms with Crippen molar-refractivity contribution in [1.29, 1.82) is 0 Å². The molecule has 0 N–H and O–H groups in total. The van der Waals surface area contributed by atoms with Crippen molar-refractivity contribution in [2.24, 2.45) is 0 Å². The number of hydrogen-bond acceptors (Lipinski definition) is 8. The maximum atomic E-state index is 13.2. The minimum absolute atomic E-state index is 0.0291. The third-order valence-electron chi connectivity index (χ3n) is 3.87. The number of benzene rings is 2. The van der Waals surface area contributed by atoms with Crippen molar-refractivity contribution in [3.05, 3.63) is 68.3 Å². The molecule has 0 unspecified atom stereocenters. The molecule has 0 spiro atoms. The Kier molecular flexibility index (Phi) is 5.93. The summed E-state index contributed by atoms with van der Waals surface area (Å²) in [6.45, 7) is 0.486. The van der Waals surface area contributed by atoms with Crippen LogP contribution in [0.3, 0.4) is 0 Å². The van der Waals surface area contributed by atoms with E-state index in [2.05, 4.69) is 4.74 Å². The van der Waals surface area contributed by atoms with Gasteiger partial charge >= 0.3 is 5.97 Å². The second-order valence-electron chi connectivity index (χ2n) is 5.49. The van der Waals surface area contributed by atoms with E-state index in [0.29, 0.717) is 4.31 Å². The van der Waals surface area contributed by atoms with Gasteiger partial charge in [0.2, 0.25) is 0 Å². The highest BCUT2D eigenvalue weighted by molar-refractivity contribution is 7.93. The first-order chi connectivity index (χ1) is 13.1. The smallest absolute Gasteiger partial charge is 0.326 e. The van der Waals surface area contributed by atoms with Gasteiger partial charge < -0.3 is 4.74 Å². The molecule has 0 saturated heterocycles. The summed E-state index contributed by atoms with van der Waals surface area (Å²) in [6, 6.07) is 8.29. The molecule has 11 nitrogen and oxygen atoms in total. The molecule has 0 aromatic heterocycles. The molecule has 0 atom stereocenters. The molecule has 0 aliphatic carbocycles. The van der Waals surface area contributed by atoms with Crippen LogP contribution in [0.4, 0.5) is 17.1 Å². The van der Waals surface area contributed by atoms with Gasteiger partial charge in [-0.1, -0.05) is 18.2 Å². The third-order valence-corrected chi connectivity index (χ3v) is 5.68. The Morgan fingerprint density at radius 3 is 2.18 bits per heavy atom. The molecule has 0 radical (unpaired) electrons. The van der Waals surface area contributed by atoms with Gasteiger partial charge in [-0.25, -0.2) is 8.42 Å². The fraction of sp³-hybridized carbons (Fsp3) is 0.188. The zero-order valence-electron chi connectivity index (χ0n) is 14.8. The molecule has 0 fully saturated rings. The summed E-state index contributed by atoms with van der Waals surface area (Å²) in [7, 11) is -3.59. The van der Waals surface area contributed by atoms with Crippen molar-refractivity contribution in [2.45, 2.75) is 11.8 Å².